The Labute approximate surface area is 140 Å². The van der Waals surface area contributed by atoms with E-state index in [0.717, 1.165) is 12.1 Å². The zero-order valence-corrected chi connectivity index (χ0v) is 13.3. The van der Waals surface area contributed by atoms with E-state index >= 15 is 0 Å². The van der Waals surface area contributed by atoms with Crippen molar-refractivity contribution < 1.29 is 27.4 Å². The summed E-state index contributed by atoms with van der Waals surface area (Å²) in [6.07, 6.45) is -3.22. The van der Waals surface area contributed by atoms with Gasteiger partial charge in [0.1, 0.15) is 22.9 Å². The van der Waals surface area contributed by atoms with E-state index in [1.807, 2.05) is 0 Å². The van der Waals surface area contributed by atoms with Crippen LogP contribution in [0.15, 0.2) is 36.5 Å². The number of alkyl halides is 3. The third kappa shape index (κ3) is 2.90. The van der Waals surface area contributed by atoms with E-state index < -0.39 is 17.7 Å². The van der Waals surface area contributed by atoms with Crippen LogP contribution in [0.5, 0.6) is 11.5 Å². The average molecular weight is 350 g/mol. The quantitative estimate of drug-likeness (QED) is 0.727. The second-order valence-corrected chi connectivity index (χ2v) is 5.16. The minimum atomic E-state index is -4.63. The summed E-state index contributed by atoms with van der Waals surface area (Å²) in [5, 5.41) is 0.422. The highest BCUT2D eigenvalue weighted by molar-refractivity contribution is 6.17. The van der Waals surface area contributed by atoms with Crippen molar-refractivity contribution in [2.75, 3.05) is 14.2 Å². The standard InChI is InChI=1S/C17H13F3N2O3/c1-24-11-6-7-12(25-2)15-14(11)9(8-21-15)16(23)10-4-3-5-13(22-10)17(18,19)20/h3-8,21H,1-2H3. The maximum absolute atomic E-state index is 12.8. The third-order valence-corrected chi connectivity index (χ3v) is 3.72. The minimum Gasteiger partial charge on any atom is -0.496 e. The third-order valence-electron chi connectivity index (χ3n) is 3.72. The van der Waals surface area contributed by atoms with Crippen LogP contribution in [0, 0.1) is 0 Å². The van der Waals surface area contributed by atoms with E-state index in [0.29, 0.717) is 22.4 Å². The highest BCUT2D eigenvalue weighted by atomic mass is 19.4. The molecule has 2 aromatic heterocycles. The van der Waals surface area contributed by atoms with Crippen molar-refractivity contribution in [3.63, 3.8) is 0 Å². The number of methoxy groups -OCH3 is 2. The fourth-order valence-corrected chi connectivity index (χ4v) is 2.57. The number of nitrogens with one attached hydrogen (secondary N) is 1. The number of carbonyl (C=O) groups excluding carboxylic acids is 1. The number of aromatic nitrogens is 2. The molecular formula is C17H13F3N2O3. The molecule has 2 heterocycles. The molecule has 0 saturated heterocycles. The molecule has 1 N–H and O–H groups in total. The molecule has 0 bridgehead atoms. The molecule has 5 nitrogen and oxygen atoms in total. The van der Waals surface area contributed by atoms with Crippen molar-refractivity contribution in [3.05, 3.63) is 53.5 Å². The molecule has 3 rings (SSSR count). The molecule has 130 valence electrons. The number of halogens is 3. The van der Waals surface area contributed by atoms with Crippen LogP contribution in [-0.2, 0) is 6.18 Å². The summed E-state index contributed by atoms with van der Waals surface area (Å²) in [5.41, 5.74) is -0.766. The second kappa shape index (κ2) is 6.12. The molecule has 0 radical (unpaired) electrons. The summed E-state index contributed by atoms with van der Waals surface area (Å²) < 4.78 is 49.0. The van der Waals surface area contributed by atoms with Gasteiger partial charge >= 0.3 is 6.18 Å². The Bertz CT molecular complexity index is 948. The molecule has 0 spiro atoms. The number of rotatable bonds is 4. The van der Waals surface area contributed by atoms with Crippen LogP contribution in [-0.4, -0.2) is 30.0 Å². The molecule has 0 saturated carbocycles. The molecule has 0 unspecified atom stereocenters. The molecule has 0 atom stereocenters. The SMILES string of the molecule is COc1ccc(OC)c2c(C(=O)c3cccc(C(F)(F)F)n3)c[nH]c12. The van der Waals surface area contributed by atoms with Crippen LogP contribution in [0.4, 0.5) is 13.2 Å². The fraction of sp³-hybridized carbons (Fsp3) is 0.176. The smallest absolute Gasteiger partial charge is 0.433 e. The second-order valence-electron chi connectivity index (χ2n) is 5.16. The van der Waals surface area contributed by atoms with Crippen molar-refractivity contribution in [2.24, 2.45) is 0 Å². The Morgan fingerprint density at radius 1 is 1.08 bits per heavy atom. The molecule has 0 amide bonds. The van der Waals surface area contributed by atoms with E-state index in [-0.39, 0.29) is 11.3 Å². The Hall–Kier alpha value is -3.03. The van der Waals surface area contributed by atoms with Crippen molar-refractivity contribution in [1.82, 2.24) is 9.97 Å². The molecule has 0 fully saturated rings. The van der Waals surface area contributed by atoms with E-state index in [1.165, 1.54) is 26.5 Å². The lowest BCUT2D eigenvalue weighted by molar-refractivity contribution is -0.141. The number of aromatic amines is 1. The van der Waals surface area contributed by atoms with Crippen molar-refractivity contribution >= 4 is 16.7 Å². The number of pyridine rings is 1. The maximum atomic E-state index is 12.8. The van der Waals surface area contributed by atoms with Crippen molar-refractivity contribution in [2.45, 2.75) is 6.18 Å². The van der Waals surface area contributed by atoms with Crippen LogP contribution >= 0.6 is 0 Å². The van der Waals surface area contributed by atoms with Gasteiger partial charge in [0.15, 0.2) is 0 Å². The molecule has 25 heavy (non-hydrogen) atoms. The van der Waals surface area contributed by atoms with Gasteiger partial charge in [-0.3, -0.25) is 4.79 Å². The lowest BCUT2D eigenvalue weighted by Gasteiger charge is -2.09. The van der Waals surface area contributed by atoms with E-state index in [1.54, 1.807) is 12.1 Å². The molecule has 3 aromatic rings. The van der Waals surface area contributed by atoms with Gasteiger partial charge in [-0.05, 0) is 24.3 Å². The molecule has 0 aliphatic heterocycles. The number of fused-ring (bicyclic) bond motifs is 1. The Morgan fingerprint density at radius 3 is 2.40 bits per heavy atom. The lowest BCUT2D eigenvalue weighted by atomic mass is 10.0. The van der Waals surface area contributed by atoms with Crippen LogP contribution in [0.1, 0.15) is 21.7 Å². The molecular weight excluding hydrogens is 337 g/mol. The number of H-pyrrole nitrogens is 1. The lowest BCUT2D eigenvalue weighted by Crippen LogP contribution is -2.12. The van der Waals surface area contributed by atoms with E-state index in [2.05, 4.69) is 9.97 Å². The van der Waals surface area contributed by atoms with Gasteiger partial charge in [0.05, 0.1) is 30.7 Å². The highest BCUT2D eigenvalue weighted by Gasteiger charge is 2.33. The van der Waals surface area contributed by atoms with Crippen molar-refractivity contribution in [1.29, 1.82) is 0 Å². The highest BCUT2D eigenvalue weighted by Crippen LogP contribution is 2.36. The summed E-state index contributed by atoms with van der Waals surface area (Å²) >= 11 is 0. The van der Waals surface area contributed by atoms with Gasteiger partial charge in [0.25, 0.3) is 0 Å². The summed E-state index contributed by atoms with van der Waals surface area (Å²) in [5.74, 6) is 0.225. The average Bonchev–Trinajstić information content (AvgIpc) is 3.05. The number of benzene rings is 1. The zero-order chi connectivity index (χ0) is 18.2. The first-order valence-electron chi connectivity index (χ1n) is 7.18. The Balaban J connectivity index is 2.15. The topological polar surface area (TPSA) is 64.2 Å². The first kappa shape index (κ1) is 16.8. The van der Waals surface area contributed by atoms with Gasteiger partial charge in [0, 0.05) is 6.20 Å². The zero-order valence-electron chi connectivity index (χ0n) is 13.3. The van der Waals surface area contributed by atoms with Gasteiger partial charge < -0.3 is 14.5 Å². The number of hydrogen-bond donors (Lipinski definition) is 1. The normalized spacial score (nSPS) is 11.6. The van der Waals surface area contributed by atoms with Gasteiger partial charge in [-0.25, -0.2) is 4.98 Å². The summed E-state index contributed by atoms with van der Waals surface area (Å²) in [7, 11) is 2.91. The monoisotopic (exact) mass is 350 g/mol. The Morgan fingerprint density at radius 2 is 1.76 bits per heavy atom. The predicted octanol–water partition coefficient (Wildman–Crippen LogP) is 3.83. The number of carbonyl (C=O) groups is 1. The maximum Gasteiger partial charge on any atom is 0.433 e. The first-order valence-corrected chi connectivity index (χ1v) is 7.18. The van der Waals surface area contributed by atoms with E-state index in [9.17, 15) is 18.0 Å². The molecule has 1 aromatic carbocycles. The Kier molecular flexibility index (Phi) is 4.12. The molecule has 0 aliphatic rings. The van der Waals surface area contributed by atoms with E-state index in [4.69, 9.17) is 9.47 Å². The number of ether oxygens (including phenoxy) is 2. The van der Waals surface area contributed by atoms with Crippen LogP contribution in [0.3, 0.4) is 0 Å². The molecule has 8 heteroatoms. The predicted molar refractivity (Wildman–Crippen MR) is 84.1 cm³/mol. The summed E-state index contributed by atoms with van der Waals surface area (Å²) in [6.45, 7) is 0. The largest absolute Gasteiger partial charge is 0.496 e. The summed E-state index contributed by atoms with van der Waals surface area (Å²) in [6, 6.07) is 6.48. The first-order chi connectivity index (χ1) is 11.9. The van der Waals surface area contributed by atoms with Gasteiger partial charge in [-0.1, -0.05) is 6.07 Å². The van der Waals surface area contributed by atoms with Crippen LogP contribution in [0.25, 0.3) is 10.9 Å². The number of hydrogen-bond acceptors (Lipinski definition) is 4. The van der Waals surface area contributed by atoms with Crippen LogP contribution < -0.4 is 9.47 Å². The number of nitrogens with zero attached hydrogens (tertiary/aromatic N) is 1. The van der Waals surface area contributed by atoms with Gasteiger partial charge in [0.2, 0.25) is 5.78 Å². The minimum absolute atomic E-state index is 0.151. The van der Waals surface area contributed by atoms with Crippen LogP contribution in [0.2, 0.25) is 0 Å². The van der Waals surface area contributed by atoms with Gasteiger partial charge in [-0.2, -0.15) is 13.2 Å². The summed E-state index contributed by atoms with van der Waals surface area (Å²) in [4.78, 5) is 19.1. The van der Waals surface area contributed by atoms with Crippen molar-refractivity contribution in [3.8, 4) is 11.5 Å². The number of ketones is 1. The van der Waals surface area contributed by atoms with Gasteiger partial charge in [-0.15, -0.1) is 0 Å². The fourth-order valence-electron chi connectivity index (χ4n) is 2.57. The molecule has 0 aliphatic carbocycles.